The van der Waals surface area contributed by atoms with Crippen molar-refractivity contribution in [3.05, 3.63) is 96.4 Å². The lowest BCUT2D eigenvalue weighted by molar-refractivity contribution is 0.102. The van der Waals surface area contributed by atoms with Crippen LogP contribution < -0.4 is 5.32 Å². The Hall–Kier alpha value is -3.77. The van der Waals surface area contributed by atoms with E-state index < -0.39 is 0 Å². The Balaban J connectivity index is 1.40. The van der Waals surface area contributed by atoms with Crippen LogP contribution in [0.2, 0.25) is 0 Å². The van der Waals surface area contributed by atoms with Gasteiger partial charge >= 0.3 is 0 Å². The first-order chi connectivity index (χ1) is 14.7. The number of fused-ring (bicyclic) bond motifs is 1. The molecular formula is C24H18N4OS. The summed E-state index contributed by atoms with van der Waals surface area (Å²) in [6.45, 7) is 1.98. The number of hydrogen-bond donors (Lipinski definition) is 1. The van der Waals surface area contributed by atoms with E-state index in [0.29, 0.717) is 5.56 Å². The number of nitrogens with zero attached hydrogens (tertiary/aromatic N) is 3. The fourth-order valence-electron chi connectivity index (χ4n) is 3.27. The third kappa shape index (κ3) is 3.49. The maximum atomic E-state index is 12.8. The Bertz CT molecular complexity index is 1300. The summed E-state index contributed by atoms with van der Waals surface area (Å²) in [5.41, 5.74) is 5.24. The first-order valence-electron chi connectivity index (χ1n) is 9.55. The summed E-state index contributed by atoms with van der Waals surface area (Å²) < 4.78 is 2.00. The molecule has 6 heteroatoms. The molecule has 5 nitrogen and oxygen atoms in total. The molecule has 3 heterocycles. The van der Waals surface area contributed by atoms with Crippen LogP contribution >= 0.6 is 11.3 Å². The lowest BCUT2D eigenvalue weighted by Crippen LogP contribution is -2.13. The number of hydrogen-bond acceptors (Lipinski definition) is 4. The van der Waals surface area contributed by atoms with Gasteiger partial charge in [-0.05, 0) is 67.1 Å². The van der Waals surface area contributed by atoms with Crippen LogP contribution in [0.25, 0.3) is 26.6 Å². The predicted octanol–water partition coefficient (Wildman–Crippen LogP) is 5.71. The van der Waals surface area contributed by atoms with E-state index in [4.69, 9.17) is 0 Å². The average Bonchev–Trinajstić information content (AvgIpc) is 3.45. The Morgan fingerprint density at radius 2 is 1.80 bits per heavy atom. The van der Waals surface area contributed by atoms with Crippen LogP contribution in [-0.4, -0.2) is 20.4 Å². The maximum Gasteiger partial charge on any atom is 0.255 e. The second-order valence-electron chi connectivity index (χ2n) is 6.97. The number of aromatic nitrogens is 3. The van der Waals surface area contributed by atoms with Gasteiger partial charge in [0.15, 0.2) is 0 Å². The quantitative estimate of drug-likeness (QED) is 0.413. The number of thiazole rings is 1. The van der Waals surface area contributed by atoms with Gasteiger partial charge in [0.05, 0.1) is 0 Å². The molecule has 30 heavy (non-hydrogen) atoms. The van der Waals surface area contributed by atoms with Gasteiger partial charge in [-0.3, -0.25) is 4.79 Å². The third-order valence-electron chi connectivity index (χ3n) is 4.93. The zero-order valence-electron chi connectivity index (χ0n) is 16.2. The van der Waals surface area contributed by atoms with Gasteiger partial charge in [-0.25, -0.2) is 9.97 Å². The fraction of sp³-hybridized carbons (Fsp3) is 0.0417. The van der Waals surface area contributed by atoms with Crippen molar-refractivity contribution in [2.45, 2.75) is 6.92 Å². The highest BCUT2D eigenvalue weighted by Crippen LogP contribution is 2.31. The minimum Gasteiger partial charge on any atom is -0.324 e. The standard InChI is InChI=1S/C24H18N4OS/c1-16-6-7-18(23-27-20-5-4-12-25-24(20)30-23)15-21(16)26-22(29)17-8-10-19(11-9-17)28-13-2-3-14-28/h2-15H,1H3,(H,26,29). The van der Waals surface area contributed by atoms with Crippen molar-refractivity contribution in [1.29, 1.82) is 0 Å². The highest BCUT2D eigenvalue weighted by molar-refractivity contribution is 7.21. The largest absolute Gasteiger partial charge is 0.324 e. The molecule has 0 atom stereocenters. The summed E-state index contributed by atoms with van der Waals surface area (Å²) in [5.74, 6) is -0.139. The van der Waals surface area contributed by atoms with Crippen molar-refractivity contribution in [2.75, 3.05) is 5.32 Å². The van der Waals surface area contributed by atoms with Gasteiger partial charge in [0, 0.05) is 41.1 Å². The van der Waals surface area contributed by atoms with Gasteiger partial charge in [-0.2, -0.15) is 0 Å². The Labute approximate surface area is 177 Å². The fourth-order valence-corrected chi connectivity index (χ4v) is 4.17. The van der Waals surface area contributed by atoms with E-state index in [1.54, 1.807) is 17.5 Å². The van der Waals surface area contributed by atoms with E-state index in [1.165, 1.54) is 0 Å². The number of carbonyl (C=O) groups excluding carboxylic acids is 1. The summed E-state index contributed by atoms with van der Waals surface area (Å²) in [6.07, 6.45) is 5.72. The van der Waals surface area contributed by atoms with Crippen LogP contribution in [0.15, 0.2) is 85.3 Å². The van der Waals surface area contributed by atoms with Crippen molar-refractivity contribution in [3.8, 4) is 16.3 Å². The van der Waals surface area contributed by atoms with Gasteiger partial charge in [0.25, 0.3) is 5.91 Å². The van der Waals surface area contributed by atoms with Crippen LogP contribution in [0.4, 0.5) is 5.69 Å². The number of anilines is 1. The Morgan fingerprint density at radius 3 is 2.57 bits per heavy atom. The van der Waals surface area contributed by atoms with Crippen LogP contribution in [0.1, 0.15) is 15.9 Å². The van der Waals surface area contributed by atoms with E-state index in [-0.39, 0.29) is 5.91 Å². The number of aryl methyl sites for hydroxylation is 1. The topological polar surface area (TPSA) is 59.8 Å². The summed E-state index contributed by atoms with van der Waals surface area (Å²) in [6, 6.07) is 21.3. The molecule has 0 saturated carbocycles. The molecule has 0 aliphatic rings. The number of amides is 1. The number of pyridine rings is 1. The second kappa shape index (κ2) is 7.57. The van der Waals surface area contributed by atoms with E-state index in [0.717, 1.165) is 37.9 Å². The van der Waals surface area contributed by atoms with Crippen molar-refractivity contribution in [2.24, 2.45) is 0 Å². The molecule has 0 aliphatic heterocycles. The molecule has 0 radical (unpaired) electrons. The minimum atomic E-state index is -0.139. The molecule has 0 unspecified atom stereocenters. The zero-order valence-corrected chi connectivity index (χ0v) is 17.1. The average molecular weight is 411 g/mol. The molecule has 0 fully saturated rings. The maximum absolute atomic E-state index is 12.8. The molecule has 5 rings (SSSR count). The molecule has 0 bridgehead atoms. The monoisotopic (exact) mass is 410 g/mol. The van der Waals surface area contributed by atoms with E-state index in [2.05, 4.69) is 15.3 Å². The molecule has 2 aromatic carbocycles. The SMILES string of the molecule is Cc1ccc(-c2nc3cccnc3s2)cc1NC(=O)c1ccc(-n2cccc2)cc1. The molecule has 1 amide bonds. The molecule has 1 N–H and O–H groups in total. The summed E-state index contributed by atoms with van der Waals surface area (Å²) in [4.78, 5) is 22.7. The summed E-state index contributed by atoms with van der Waals surface area (Å²) >= 11 is 1.54. The molecule has 3 aromatic heterocycles. The van der Waals surface area contributed by atoms with Crippen molar-refractivity contribution < 1.29 is 4.79 Å². The highest BCUT2D eigenvalue weighted by Gasteiger charge is 2.12. The number of nitrogens with one attached hydrogen (secondary N) is 1. The van der Waals surface area contributed by atoms with Crippen LogP contribution in [-0.2, 0) is 0 Å². The number of rotatable bonds is 4. The highest BCUT2D eigenvalue weighted by atomic mass is 32.1. The van der Waals surface area contributed by atoms with Gasteiger partial charge in [-0.1, -0.05) is 23.5 Å². The van der Waals surface area contributed by atoms with Gasteiger partial charge < -0.3 is 9.88 Å². The van der Waals surface area contributed by atoms with Crippen LogP contribution in [0.3, 0.4) is 0 Å². The van der Waals surface area contributed by atoms with Gasteiger partial charge in [-0.15, -0.1) is 0 Å². The predicted molar refractivity (Wildman–Crippen MR) is 121 cm³/mol. The van der Waals surface area contributed by atoms with Crippen molar-refractivity contribution >= 4 is 33.3 Å². The van der Waals surface area contributed by atoms with Crippen molar-refractivity contribution in [3.63, 3.8) is 0 Å². The van der Waals surface area contributed by atoms with Gasteiger partial charge in [0.2, 0.25) is 0 Å². The van der Waals surface area contributed by atoms with E-state index in [1.807, 2.05) is 90.6 Å². The molecular weight excluding hydrogens is 392 g/mol. The molecule has 146 valence electrons. The summed E-state index contributed by atoms with van der Waals surface area (Å²) in [7, 11) is 0. The third-order valence-corrected chi connectivity index (χ3v) is 5.96. The first-order valence-corrected chi connectivity index (χ1v) is 10.4. The Morgan fingerprint density at radius 1 is 1.00 bits per heavy atom. The van der Waals surface area contributed by atoms with Crippen molar-refractivity contribution in [1.82, 2.24) is 14.5 Å². The Kier molecular flexibility index (Phi) is 4.61. The first kappa shape index (κ1) is 18.3. The second-order valence-corrected chi connectivity index (χ2v) is 7.95. The van der Waals surface area contributed by atoms with E-state index in [9.17, 15) is 4.79 Å². The lowest BCUT2D eigenvalue weighted by Gasteiger charge is -2.11. The molecule has 0 spiro atoms. The zero-order chi connectivity index (χ0) is 20.5. The minimum absolute atomic E-state index is 0.139. The molecule has 0 aliphatic carbocycles. The van der Waals surface area contributed by atoms with E-state index >= 15 is 0 Å². The number of carbonyl (C=O) groups is 1. The molecule has 0 saturated heterocycles. The van der Waals surface area contributed by atoms with Crippen LogP contribution in [0, 0.1) is 6.92 Å². The van der Waals surface area contributed by atoms with Gasteiger partial charge in [0.1, 0.15) is 15.4 Å². The lowest BCUT2D eigenvalue weighted by atomic mass is 10.1. The number of benzene rings is 2. The smallest absolute Gasteiger partial charge is 0.255 e. The summed E-state index contributed by atoms with van der Waals surface area (Å²) in [5, 5.41) is 3.92. The normalized spacial score (nSPS) is 11.0. The molecule has 5 aromatic rings. The van der Waals surface area contributed by atoms with Crippen LogP contribution in [0.5, 0.6) is 0 Å².